The van der Waals surface area contributed by atoms with E-state index in [1.54, 1.807) is 6.07 Å². The summed E-state index contributed by atoms with van der Waals surface area (Å²) in [5, 5.41) is 2.89. The number of hydrogen-bond acceptors (Lipinski definition) is 2. The second kappa shape index (κ2) is 7.12. The maximum atomic E-state index is 14.6. The van der Waals surface area contributed by atoms with Crippen LogP contribution < -0.4 is 10.1 Å². The molecule has 1 fully saturated rings. The summed E-state index contributed by atoms with van der Waals surface area (Å²) in [6, 6.07) is 1.65. The van der Waals surface area contributed by atoms with Gasteiger partial charge in [0, 0.05) is 24.4 Å². The number of piperidine rings is 1. The van der Waals surface area contributed by atoms with Gasteiger partial charge in [0.2, 0.25) is 5.91 Å². The molecule has 0 radical (unpaired) electrons. The van der Waals surface area contributed by atoms with E-state index in [0.29, 0.717) is 30.9 Å². The van der Waals surface area contributed by atoms with Crippen molar-refractivity contribution in [1.82, 2.24) is 5.32 Å². The number of hydrogen-bond donors (Lipinski definition) is 1. The normalized spacial score (nSPS) is 18.5. The molecule has 1 unspecified atom stereocenters. The van der Waals surface area contributed by atoms with Crippen molar-refractivity contribution in [3.8, 4) is 5.75 Å². The third-order valence-electron chi connectivity index (χ3n) is 3.75. The van der Waals surface area contributed by atoms with Crippen LogP contribution in [0.1, 0.15) is 50.2 Å². The first-order chi connectivity index (χ1) is 10.1. The minimum absolute atomic E-state index is 0.0508. The Morgan fingerprint density at radius 3 is 2.86 bits per heavy atom. The largest absolute Gasteiger partial charge is 0.493 e. The molecule has 1 atom stereocenters. The van der Waals surface area contributed by atoms with Crippen LogP contribution in [0.25, 0.3) is 0 Å². The maximum absolute atomic E-state index is 14.6. The Labute approximate surface area is 129 Å². The third-order valence-corrected chi connectivity index (χ3v) is 4.02. The molecule has 1 aromatic rings. The van der Waals surface area contributed by atoms with Crippen molar-refractivity contribution in [3.63, 3.8) is 0 Å². The second-order valence-electron chi connectivity index (χ2n) is 5.30. The fourth-order valence-corrected chi connectivity index (χ4v) is 3.08. The zero-order chi connectivity index (χ0) is 15.4. The molecular weight excluding hydrogens is 293 g/mol. The highest BCUT2D eigenvalue weighted by atomic mass is 35.5. The van der Waals surface area contributed by atoms with Crippen molar-refractivity contribution in [2.24, 2.45) is 0 Å². The van der Waals surface area contributed by atoms with E-state index in [1.165, 1.54) is 0 Å². The smallest absolute Gasteiger partial charge is 0.220 e. The zero-order valence-corrected chi connectivity index (χ0v) is 13.2. The number of carbonyl (C=O) groups excluding carboxylic acids is 1. The maximum Gasteiger partial charge on any atom is 0.220 e. The third kappa shape index (κ3) is 3.49. The standard InChI is InChI=1S/C16H21ClFNO2/c1-3-5-11-8-12(17)15(18)14(16(11)21-4-2)10-6-7-19-13(20)9-10/h8,10H,3-7,9H2,1-2H3,(H,19,20). The van der Waals surface area contributed by atoms with Crippen molar-refractivity contribution in [3.05, 3.63) is 28.0 Å². The Kier molecular flexibility index (Phi) is 5.45. The topological polar surface area (TPSA) is 38.3 Å². The SMILES string of the molecule is CCCc1cc(Cl)c(F)c(C2CCNC(=O)C2)c1OCC. The van der Waals surface area contributed by atoms with Crippen LogP contribution in [-0.4, -0.2) is 19.1 Å². The fourth-order valence-electron chi connectivity index (χ4n) is 2.85. The highest BCUT2D eigenvalue weighted by Gasteiger charge is 2.29. The Balaban J connectivity index is 2.51. The zero-order valence-electron chi connectivity index (χ0n) is 12.5. The summed E-state index contributed by atoms with van der Waals surface area (Å²) in [7, 11) is 0. The van der Waals surface area contributed by atoms with E-state index >= 15 is 0 Å². The molecule has 1 heterocycles. The van der Waals surface area contributed by atoms with Gasteiger partial charge in [0.25, 0.3) is 0 Å². The number of rotatable bonds is 5. The molecule has 0 aliphatic carbocycles. The predicted molar refractivity (Wildman–Crippen MR) is 81.6 cm³/mol. The first-order valence-electron chi connectivity index (χ1n) is 7.48. The van der Waals surface area contributed by atoms with Gasteiger partial charge in [-0.1, -0.05) is 24.9 Å². The van der Waals surface area contributed by atoms with E-state index in [9.17, 15) is 9.18 Å². The molecule has 1 aromatic carbocycles. The average Bonchev–Trinajstić information content (AvgIpc) is 2.45. The van der Waals surface area contributed by atoms with Crippen LogP contribution in [0.15, 0.2) is 6.07 Å². The molecule has 1 N–H and O–H groups in total. The van der Waals surface area contributed by atoms with Gasteiger partial charge in [-0.15, -0.1) is 0 Å². The molecule has 21 heavy (non-hydrogen) atoms. The summed E-state index contributed by atoms with van der Waals surface area (Å²) < 4.78 is 20.3. The minimum atomic E-state index is -0.445. The summed E-state index contributed by atoms with van der Waals surface area (Å²) in [4.78, 5) is 11.6. The van der Waals surface area contributed by atoms with E-state index in [1.807, 2.05) is 6.92 Å². The van der Waals surface area contributed by atoms with Crippen molar-refractivity contribution in [1.29, 1.82) is 0 Å². The summed E-state index contributed by atoms with van der Waals surface area (Å²) in [6.07, 6.45) is 2.69. The summed E-state index contributed by atoms with van der Waals surface area (Å²) >= 11 is 6.05. The molecule has 1 aliphatic rings. The number of carbonyl (C=O) groups is 1. The lowest BCUT2D eigenvalue weighted by Crippen LogP contribution is -2.33. The van der Waals surface area contributed by atoms with Gasteiger partial charge >= 0.3 is 0 Å². The monoisotopic (exact) mass is 313 g/mol. The van der Waals surface area contributed by atoms with Crippen LogP contribution in [0.3, 0.4) is 0 Å². The fraction of sp³-hybridized carbons (Fsp3) is 0.562. The van der Waals surface area contributed by atoms with E-state index in [2.05, 4.69) is 12.2 Å². The van der Waals surface area contributed by atoms with Crippen LogP contribution in [0.5, 0.6) is 5.75 Å². The van der Waals surface area contributed by atoms with E-state index in [-0.39, 0.29) is 23.3 Å². The average molecular weight is 314 g/mol. The van der Waals surface area contributed by atoms with Crippen molar-refractivity contribution >= 4 is 17.5 Å². The molecule has 1 aliphatic heterocycles. The number of nitrogens with one attached hydrogen (secondary N) is 1. The predicted octanol–water partition coefficient (Wildman–Crippen LogP) is 3.82. The van der Waals surface area contributed by atoms with Gasteiger partial charge in [-0.05, 0) is 31.4 Å². The second-order valence-corrected chi connectivity index (χ2v) is 5.70. The molecule has 0 spiro atoms. The number of halogens is 2. The number of aryl methyl sites for hydroxylation is 1. The van der Waals surface area contributed by atoms with Crippen LogP contribution in [-0.2, 0) is 11.2 Å². The van der Waals surface area contributed by atoms with Gasteiger partial charge in [0.1, 0.15) is 11.6 Å². The molecule has 1 amide bonds. The van der Waals surface area contributed by atoms with Gasteiger partial charge in [0.15, 0.2) is 0 Å². The highest BCUT2D eigenvalue weighted by Crippen LogP contribution is 2.40. The molecule has 3 nitrogen and oxygen atoms in total. The summed E-state index contributed by atoms with van der Waals surface area (Å²) in [5.41, 5.74) is 1.40. The Hall–Kier alpha value is -1.29. The molecule has 0 saturated carbocycles. The van der Waals surface area contributed by atoms with Gasteiger partial charge < -0.3 is 10.1 Å². The number of amides is 1. The highest BCUT2D eigenvalue weighted by molar-refractivity contribution is 6.31. The lowest BCUT2D eigenvalue weighted by atomic mass is 9.87. The molecule has 0 bridgehead atoms. The van der Waals surface area contributed by atoms with Crippen LogP contribution in [0.2, 0.25) is 5.02 Å². The lowest BCUT2D eigenvalue weighted by Gasteiger charge is -2.26. The Bertz CT molecular complexity index is 533. The van der Waals surface area contributed by atoms with Crippen molar-refractivity contribution < 1.29 is 13.9 Å². The number of benzene rings is 1. The van der Waals surface area contributed by atoms with E-state index in [4.69, 9.17) is 16.3 Å². The van der Waals surface area contributed by atoms with E-state index < -0.39 is 5.82 Å². The van der Waals surface area contributed by atoms with Crippen molar-refractivity contribution in [2.75, 3.05) is 13.2 Å². The van der Waals surface area contributed by atoms with Gasteiger partial charge in [-0.2, -0.15) is 0 Å². The molecule has 1 saturated heterocycles. The molecular formula is C16H21ClFNO2. The van der Waals surface area contributed by atoms with Gasteiger partial charge in [-0.25, -0.2) is 4.39 Å². The lowest BCUT2D eigenvalue weighted by molar-refractivity contribution is -0.122. The minimum Gasteiger partial charge on any atom is -0.493 e. The van der Waals surface area contributed by atoms with Crippen LogP contribution in [0, 0.1) is 5.82 Å². The Morgan fingerprint density at radius 2 is 2.24 bits per heavy atom. The van der Waals surface area contributed by atoms with Gasteiger partial charge in [0.05, 0.1) is 11.6 Å². The summed E-state index contributed by atoms with van der Waals surface area (Å²) in [5.74, 6) is -0.0830. The first-order valence-corrected chi connectivity index (χ1v) is 7.86. The van der Waals surface area contributed by atoms with E-state index in [0.717, 1.165) is 18.4 Å². The Morgan fingerprint density at radius 1 is 1.48 bits per heavy atom. The molecule has 5 heteroatoms. The first kappa shape index (κ1) is 16.1. The quantitative estimate of drug-likeness (QED) is 0.897. The molecule has 0 aromatic heterocycles. The van der Waals surface area contributed by atoms with Crippen LogP contribution >= 0.6 is 11.6 Å². The van der Waals surface area contributed by atoms with Gasteiger partial charge in [-0.3, -0.25) is 4.79 Å². The molecule has 116 valence electrons. The summed E-state index contributed by atoms with van der Waals surface area (Å²) in [6.45, 7) is 4.95. The van der Waals surface area contributed by atoms with Crippen molar-refractivity contribution in [2.45, 2.75) is 45.4 Å². The van der Waals surface area contributed by atoms with Crippen LogP contribution in [0.4, 0.5) is 4.39 Å². The number of ether oxygens (including phenoxy) is 1. The molecule has 2 rings (SSSR count).